The number of fused-ring (bicyclic) bond motifs is 2. The average molecular weight is 1030 g/mol. The second-order valence-electron chi connectivity index (χ2n) is 19.5. The van der Waals surface area contributed by atoms with E-state index in [1.165, 1.54) is 19.2 Å². The number of carbonyl (C=O) groups excluding carboxylic acids is 3. The molecule has 2 fully saturated rings. The van der Waals surface area contributed by atoms with E-state index in [0.29, 0.717) is 67.7 Å². The minimum atomic E-state index is -3.70. The van der Waals surface area contributed by atoms with Crippen molar-refractivity contribution in [1.82, 2.24) is 14.1 Å². The summed E-state index contributed by atoms with van der Waals surface area (Å²) in [5, 5.41) is 1.35. The lowest BCUT2D eigenvalue weighted by molar-refractivity contribution is -0.113. The molecule has 0 amide bonds. The highest BCUT2D eigenvalue weighted by molar-refractivity contribution is 7.91. The third-order valence-corrected chi connectivity index (χ3v) is 15.3. The molecule has 0 unspecified atom stereocenters. The van der Waals surface area contributed by atoms with Crippen LogP contribution < -0.4 is 4.74 Å². The largest absolute Gasteiger partial charge is 0.481 e. The maximum absolute atomic E-state index is 14.7. The summed E-state index contributed by atoms with van der Waals surface area (Å²) in [6.07, 6.45) is 10.9. The molecule has 0 spiro atoms. The number of pyridine rings is 1. The lowest BCUT2D eigenvalue weighted by Crippen LogP contribution is -2.21. The molecule has 11 nitrogen and oxygen atoms in total. The van der Waals surface area contributed by atoms with Crippen LogP contribution in [0.2, 0.25) is 0 Å². The first kappa shape index (κ1) is 50.9. The second kappa shape index (κ2) is 19.8. The van der Waals surface area contributed by atoms with Crippen molar-refractivity contribution in [2.75, 3.05) is 31.1 Å². The van der Waals surface area contributed by atoms with Crippen LogP contribution in [0.4, 0.5) is 17.6 Å². The second-order valence-corrected chi connectivity index (χ2v) is 23.7. The van der Waals surface area contributed by atoms with E-state index >= 15 is 0 Å². The Morgan fingerprint density at radius 2 is 1.16 bits per heavy atom. The normalized spacial score (nSPS) is 18.4. The topological polar surface area (TPSA) is 151 Å². The number of halogens is 4. The third-order valence-electron chi connectivity index (χ3n) is 13.8. The number of hydrogen-bond acceptors (Lipinski definition) is 9. The molecule has 3 aromatic heterocycles. The van der Waals surface area contributed by atoms with Crippen LogP contribution in [0.25, 0.3) is 38.5 Å². The lowest BCUT2D eigenvalue weighted by Gasteiger charge is -2.14. The molecule has 378 valence electrons. The zero-order valence-electron chi connectivity index (χ0n) is 40.6. The fraction of sp³-hybridized carbons (Fsp3) is 0.286. The van der Waals surface area contributed by atoms with E-state index in [4.69, 9.17) is 4.74 Å². The molecule has 7 aromatic rings. The molecule has 3 heterocycles. The number of carbonyl (C=O) groups is 3. The molecule has 0 N–H and O–H groups in total. The fourth-order valence-electron chi connectivity index (χ4n) is 9.99. The quantitative estimate of drug-likeness (QED) is 0.0722. The molecule has 0 bridgehead atoms. The Kier molecular flexibility index (Phi) is 13.8. The summed E-state index contributed by atoms with van der Waals surface area (Å²) in [6.45, 7) is 4.08. The minimum Gasteiger partial charge on any atom is -0.481 e. The van der Waals surface area contributed by atoms with Gasteiger partial charge in [-0.3, -0.25) is 14.4 Å². The van der Waals surface area contributed by atoms with Crippen LogP contribution in [-0.2, 0) is 37.6 Å². The molecule has 0 saturated heterocycles. The highest BCUT2D eigenvalue weighted by Gasteiger charge is 2.37. The van der Waals surface area contributed by atoms with Crippen LogP contribution in [0.1, 0.15) is 93.7 Å². The van der Waals surface area contributed by atoms with Crippen LogP contribution in [0, 0.1) is 35.1 Å². The Morgan fingerprint density at radius 1 is 0.685 bits per heavy atom. The van der Waals surface area contributed by atoms with Crippen LogP contribution in [0.15, 0.2) is 109 Å². The van der Waals surface area contributed by atoms with Gasteiger partial charge in [0.25, 0.3) is 0 Å². The summed E-state index contributed by atoms with van der Waals surface area (Å²) in [7, 11) is -5.91. The van der Waals surface area contributed by atoms with Crippen molar-refractivity contribution >= 4 is 64.4 Å². The van der Waals surface area contributed by atoms with E-state index in [1.54, 1.807) is 45.7 Å². The molecule has 0 aliphatic heterocycles. The summed E-state index contributed by atoms with van der Waals surface area (Å²) in [5.74, 6) is -3.88. The Morgan fingerprint density at radius 3 is 1.60 bits per heavy atom. The van der Waals surface area contributed by atoms with Gasteiger partial charge >= 0.3 is 0 Å². The van der Waals surface area contributed by atoms with Crippen LogP contribution in [-0.4, -0.2) is 79.4 Å². The van der Waals surface area contributed by atoms with Crippen molar-refractivity contribution in [1.29, 1.82) is 0 Å². The SMILES string of the molecule is COc1ncccc1-c1c(C(=O)CS(C)(=O)=O)n(Cc2ccc(F)cc2F)c2ccc([C@H]3C[C@H]3C)cc12.C[C@@H]1C[C@@H]1c1ccc2c(c1)c(C1=CC=CCC1=O)c(C(=O)CS(C)(=O)=O)n2Cc1ccc(F)cc1F. The van der Waals surface area contributed by atoms with Gasteiger partial charge in [0, 0.05) is 92.5 Å². The molecule has 10 rings (SSSR count). The Bertz CT molecular complexity index is 3730. The highest BCUT2D eigenvalue weighted by atomic mass is 32.2. The van der Waals surface area contributed by atoms with E-state index in [1.807, 2.05) is 36.4 Å². The van der Waals surface area contributed by atoms with E-state index < -0.39 is 66.0 Å². The first-order chi connectivity index (χ1) is 34.6. The van der Waals surface area contributed by atoms with Gasteiger partial charge in [0.05, 0.1) is 31.6 Å². The summed E-state index contributed by atoms with van der Waals surface area (Å²) in [6, 6.07) is 21.6. The molecule has 3 aliphatic carbocycles. The first-order valence-corrected chi connectivity index (χ1v) is 27.7. The van der Waals surface area contributed by atoms with Crippen LogP contribution in [0.5, 0.6) is 5.88 Å². The Hall–Kier alpha value is -6.98. The Labute approximate surface area is 420 Å². The van der Waals surface area contributed by atoms with Crippen molar-refractivity contribution in [2.45, 2.75) is 58.0 Å². The first-order valence-electron chi connectivity index (χ1n) is 23.6. The molecule has 17 heteroatoms. The standard InChI is InChI=1S/C28H26F2N2O4S.C28H25F2NO4S/c1-16-11-21(16)17-7-9-24-22(12-17)26(20-5-4-10-31-28(20)36-2)27(25(33)15-37(3,34)35)32(24)14-18-6-8-19(29)13-23(18)30;1-16-11-21(16)17-8-10-24-22(12-17)27(20-5-3-4-6-25(20)32)28(26(33)15-36(2,34)35)31(24)14-18-7-9-19(29)13-23(18)30/h4-10,12-13,16,21H,11,14-15H2,1-3H3;3-5,7-10,12-13,16,21H,6,11,14-15H2,1-2H3/t2*16-,21+/m11/s1. The maximum Gasteiger partial charge on any atom is 0.221 e. The number of benzene rings is 4. The molecule has 2 saturated carbocycles. The summed E-state index contributed by atoms with van der Waals surface area (Å²) in [4.78, 5) is 44.4. The summed E-state index contributed by atoms with van der Waals surface area (Å²) >= 11 is 0. The van der Waals surface area contributed by atoms with Gasteiger partial charge in [-0.25, -0.2) is 39.4 Å². The molecular weight excluding hydrogens is 983 g/mol. The average Bonchev–Trinajstić information content (AvgIpc) is 4.19. The lowest BCUT2D eigenvalue weighted by atomic mass is 9.92. The summed E-state index contributed by atoms with van der Waals surface area (Å²) in [5.41, 5.74) is 5.50. The van der Waals surface area contributed by atoms with E-state index in [9.17, 15) is 48.8 Å². The van der Waals surface area contributed by atoms with Gasteiger partial charge in [0.15, 0.2) is 37.0 Å². The minimum absolute atomic E-state index is 0.0371. The van der Waals surface area contributed by atoms with Crippen molar-refractivity contribution in [3.8, 4) is 17.0 Å². The smallest absolute Gasteiger partial charge is 0.221 e. The van der Waals surface area contributed by atoms with Gasteiger partial charge in [0.1, 0.15) is 34.8 Å². The van der Waals surface area contributed by atoms with Gasteiger partial charge in [-0.05, 0) is 96.2 Å². The number of ether oxygens (including phenoxy) is 1. The van der Waals surface area contributed by atoms with Gasteiger partial charge in [-0.15, -0.1) is 0 Å². The van der Waals surface area contributed by atoms with Crippen molar-refractivity contribution in [3.05, 3.63) is 172 Å². The van der Waals surface area contributed by atoms with Crippen LogP contribution in [0.3, 0.4) is 0 Å². The zero-order chi connectivity index (χ0) is 52.3. The van der Waals surface area contributed by atoms with E-state index in [-0.39, 0.29) is 53.7 Å². The van der Waals surface area contributed by atoms with Gasteiger partial charge in [-0.2, -0.15) is 0 Å². The molecule has 4 aromatic carbocycles. The number of rotatable bonds is 15. The van der Waals surface area contributed by atoms with E-state index in [0.717, 1.165) is 60.7 Å². The Balaban J connectivity index is 0.000000180. The zero-order valence-corrected chi connectivity index (χ0v) is 42.2. The predicted octanol–water partition coefficient (Wildman–Crippen LogP) is 10.6. The van der Waals surface area contributed by atoms with Crippen LogP contribution >= 0.6 is 0 Å². The number of methoxy groups -OCH3 is 1. The van der Waals surface area contributed by atoms with Crippen molar-refractivity contribution in [3.63, 3.8) is 0 Å². The number of nitrogens with zero attached hydrogens (tertiary/aromatic N) is 3. The molecule has 4 atom stereocenters. The fourth-order valence-corrected chi connectivity index (χ4v) is 11.2. The van der Waals surface area contributed by atoms with E-state index in [2.05, 4.69) is 18.8 Å². The molecular formula is C56H51F4N3O8S2. The number of aromatic nitrogens is 3. The monoisotopic (exact) mass is 1030 g/mol. The van der Waals surface area contributed by atoms with Crippen molar-refractivity contribution in [2.24, 2.45) is 11.8 Å². The number of sulfone groups is 2. The van der Waals surface area contributed by atoms with Gasteiger partial charge in [0.2, 0.25) is 5.88 Å². The third kappa shape index (κ3) is 10.7. The van der Waals surface area contributed by atoms with Gasteiger partial charge in [-0.1, -0.05) is 56.3 Å². The number of Topliss-reactive ketones (excluding diaryl/α,β-unsaturated/α-hetero) is 3. The molecule has 3 aliphatic rings. The van der Waals surface area contributed by atoms with Gasteiger partial charge < -0.3 is 13.9 Å². The van der Waals surface area contributed by atoms with Crippen molar-refractivity contribution < 1.29 is 53.5 Å². The summed E-state index contributed by atoms with van der Waals surface area (Å²) < 4.78 is 114. The number of allylic oxidation sites excluding steroid dienone is 4. The molecule has 73 heavy (non-hydrogen) atoms. The maximum atomic E-state index is 14.7. The predicted molar refractivity (Wildman–Crippen MR) is 272 cm³/mol. The number of hydrogen-bond donors (Lipinski definition) is 0. The molecule has 0 radical (unpaired) electrons. The highest BCUT2D eigenvalue weighted by Crippen LogP contribution is 2.50. The number of ketones is 3.